The summed E-state index contributed by atoms with van der Waals surface area (Å²) in [5.74, 6) is -0.415. The number of ether oxygens (including phenoxy) is 2. The standard InChI is InChI=1S/C14H19FN2O4S/c1-16(5-6-20-22)13-4-3-10(7-12(13)15)17-8-11(9-19-2)21-14(17)18/h3-4,7,11,22H,5-6,8-9H2,1-2H3. The molecule has 0 aliphatic carbocycles. The van der Waals surface area contributed by atoms with Crippen LogP contribution < -0.4 is 9.80 Å². The molecule has 1 saturated heterocycles. The first-order valence-electron chi connectivity index (χ1n) is 6.81. The van der Waals surface area contributed by atoms with Crippen LogP contribution in [0, 0.1) is 5.82 Å². The zero-order valence-corrected chi connectivity index (χ0v) is 13.4. The number of thiol groups is 1. The van der Waals surface area contributed by atoms with Crippen molar-refractivity contribution in [3.8, 4) is 0 Å². The van der Waals surface area contributed by atoms with Gasteiger partial charge in [-0.05, 0) is 31.1 Å². The van der Waals surface area contributed by atoms with Gasteiger partial charge in [-0.1, -0.05) is 0 Å². The quantitative estimate of drug-likeness (QED) is 0.613. The molecule has 1 aromatic rings. The Labute approximate surface area is 134 Å². The Hall–Kier alpha value is -1.51. The van der Waals surface area contributed by atoms with Crippen LogP contribution in [0.1, 0.15) is 0 Å². The summed E-state index contributed by atoms with van der Waals surface area (Å²) in [5, 5.41) is 0. The molecule has 1 fully saturated rings. The zero-order valence-electron chi connectivity index (χ0n) is 12.5. The maximum absolute atomic E-state index is 14.2. The third-order valence-electron chi connectivity index (χ3n) is 3.40. The molecule has 2 rings (SSSR count). The van der Waals surface area contributed by atoms with E-state index in [0.29, 0.717) is 37.7 Å². The van der Waals surface area contributed by atoms with Crippen LogP contribution in [-0.2, 0) is 13.7 Å². The number of likely N-dealkylation sites (N-methyl/N-ethyl adjacent to an activating group) is 1. The Kier molecular flexibility index (Phi) is 5.87. The van der Waals surface area contributed by atoms with Crippen molar-refractivity contribution in [1.82, 2.24) is 0 Å². The Balaban J connectivity index is 2.10. The van der Waals surface area contributed by atoms with E-state index in [1.54, 1.807) is 24.1 Å². The number of hydrogen-bond donors (Lipinski definition) is 1. The van der Waals surface area contributed by atoms with Crippen LogP contribution in [-0.4, -0.2) is 52.7 Å². The zero-order chi connectivity index (χ0) is 16.1. The van der Waals surface area contributed by atoms with Crippen molar-refractivity contribution in [2.24, 2.45) is 0 Å². The van der Waals surface area contributed by atoms with E-state index in [1.165, 1.54) is 18.1 Å². The summed E-state index contributed by atoms with van der Waals surface area (Å²) in [4.78, 5) is 14.9. The predicted octanol–water partition coefficient (Wildman–Crippen LogP) is 2.09. The lowest BCUT2D eigenvalue weighted by atomic mass is 10.2. The largest absolute Gasteiger partial charge is 0.441 e. The third kappa shape index (κ3) is 3.82. The number of cyclic esters (lactones) is 1. The molecule has 1 aliphatic rings. The van der Waals surface area contributed by atoms with Crippen molar-refractivity contribution >= 4 is 30.4 Å². The highest BCUT2D eigenvalue weighted by Gasteiger charge is 2.32. The Bertz CT molecular complexity index is 532. The number of methoxy groups -OCH3 is 1. The van der Waals surface area contributed by atoms with Crippen LogP contribution >= 0.6 is 12.9 Å². The lowest BCUT2D eigenvalue weighted by Gasteiger charge is -2.21. The van der Waals surface area contributed by atoms with Gasteiger partial charge in [-0.3, -0.25) is 4.90 Å². The van der Waals surface area contributed by atoms with E-state index in [-0.39, 0.29) is 6.10 Å². The lowest BCUT2D eigenvalue weighted by molar-refractivity contribution is 0.0718. The van der Waals surface area contributed by atoms with Gasteiger partial charge in [-0.25, -0.2) is 9.18 Å². The van der Waals surface area contributed by atoms with E-state index >= 15 is 0 Å². The van der Waals surface area contributed by atoms with Gasteiger partial charge in [-0.15, -0.1) is 0 Å². The highest BCUT2D eigenvalue weighted by Crippen LogP contribution is 2.27. The van der Waals surface area contributed by atoms with Crippen molar-refractivity contribution in [2.45, 2.75) is 6.10 Å². The second-order valence-corrected chi connectivity index (χ2v) is 5.22. The average Bonchev–Trinajstić information content (AvgIpc) is 2.85. The van der Waals surface area contributed by atoms with Gasteiger partial charge >= 0.3 is 6.09 Å². The van der Waals surface area contributed by atoms with Crippen molar-refractivity contribution in [1.29, 1.82) is 0 Å². The third-order valence-corrected chi connectivity index (χ3v) is 3.58. The van der Waals surface area contributed by atoms with Gasteiger partial charge in [0.05, 0.1) is 31.1 Å². The summed E-state index contributed by atoms with van der Waals surface area (Å²) < 4.78 is 29.0. The smallest absolute Gasteiger partial charge is 0.414 e. The highest BCUT2D eigenvalue weighted by molar-refractivity contribution is 7.75. The molecule has 0 N–H and O–H groups in total. The van der Waals surface area contributed by atoms with E-state index in [9.17, 15) is 9.18 Å². The molecule has 6 nitrogen and oxygen atoms in total. The van der Waals surface area contributed by atoms with E-state index < -0.39 is 11.9 Å². The minimum Gasteiger partial charge on any atom is -0.441 e. The minimum absolute atomic E-state index is 0.315. The summed E-state index contributed by atoms with van der Waals surface area (Å²) in [5.41, 5.74) is 0.888. The first-order chi connectivity index (χ1) is 10.6. The molecule has 0 aromatic heterocycles. The SMILES string of the molecule is COCC1CN(c2ccc(N(C)CCOS)c(F)c2)C(=O)O1. The maximum Gasteiger partial charge on any atom is 0.414 e. The molecule has 8 heteroatoms. The second-order valence-electron chi connectivity index (χ2n) is 4.96. The highest BCUT2D eigenvalue weighted by atomic mass is 32.1. The van der Waals surface area contributed by atoms with E-state index in [0.717, 1.165) is 0 Å². The first-order valence-corrected chi connectivity index (χ1v) is 7.17. The number of benzene rings is 1. The number of rotatable bonds is 7. The van der Waals surface area contributed by atoms with Gasteiger partial charge in [0.15, 0.2) is 0 Å². The predicted molar refractivity (Wildman–Crippen MR) is 84.1 cm³/mol. The summed E-state index contributed by atoms with van der Waals surface area (Å²) in [6.45, 7) is 1.53. The van der Waals surface area contributed by atoms with E-state index in [1.807, 2.05) is 0 Å². The van der Waals surface area contributed by atoms with Crippen LogP contribution in [0.4, 0.5) is 20.6 Å². The molecule has 0 saturated carbocycles. The molecule has 1 unspecified atom stereocenters. The normalized spacial score (nSPS) is 17.7. The Morgan fingerprint density at radius 3 is 2.95 bits per heavy atom. The Morgan fingerprint density at radius 2 is 2.32 bits per heavy atom. The molecule has 0 radical (unpaired) electrons. The lowest BCUT2D eigenvalue weighted by Crippen LogP contribution is -2.26. The number of carbonyl (C=O) groups excluding carboxylic acids is 1. The molecular formula is C14H19FN2O4S. The maximum atomic E-state index is 14.2. The van der Waals surface area contributed by atoms with Crippen molar-refractivity contribution < 1.29 is 22.8 Å². The molecular weight excluding hydrogens is 311 g/mol. The van der Waals surface area contributed by atoms with E-state index in [2.05, 4.69) is 17.1 Å². The van der Waals surface area contributed by atoms with Crippen LogP contribution in [0.15, 0.2) is 18.2 Å². The molecule has 1 atom stereocenters. The van der Waals surface area contributed by atoms with Crippen LogP contribution in [0.2, 0.25) is 0 Å². The number of anilines is 2. The van der Waals surface area contributed by atoms with Crippen LogP contribution in [0.5, 0.6) is 0 Å². The molecule has 1 heterocycles. The molecule has 0 spiro atoms. The molecule has 1 aromatic carbocycles. The van der Waals surface area contributed by atoms with Crippen LogP contribution in [0.3, 0.4) is 0 Å². The molecule has 0 bridgehead atoms. The van der Waals surface area contributed by atoms with Crippen molar-refractivity contribution in [2.75, 3.05) is 50.3 Å². The first kappa shape index (κ1) is 16.9. The van der Waals surface area contributed by atoms with Crippen molar-refractivity contribution in [3.63, 3.8) is 0 Å². The van der Waals surface area contributed by atoms with Gasteiger partial charge in [0.25, 0.3) is 0 Å². The van der Waals surface area contributed by atoms with Gasteiger partial charge in [0.2, 0.25) is 0 Å². The number of hydrogen-bond acceptors (Lipinski definition) is 6. The summed E-state index contributed by atoms with van der Waals surface area (Å²) in [6.07, 6.45) is -0.832. The van der Waals surface area contributed by atoms with E-state index in [4.69, 9.17) is 9.47 Å². The summed E-state index contributed by atoms with van der Waals surface area (Å²) in [6, 6.07) is 4.64. The molecule has 1 aliphatic heterocycles. The summed E-state index contributed by atoms with van der Waals surface area (Å²) in [7, 11) is 3.29. The van der Waals surface area contributed by atoms with Gasteiger partial charge < -0.3 is 18.6 Å². The number of nitrogens with zero attached hydrogens (tertiary/aromatic N) is 2. The fourth-order valence-electron chi connectivity index (χ4n) is 2.28. The van der Waals surface area contributed by atoms with Gasteiger partial charge in [0, 0.05) is 20.7 Å². The Morgan fingerprint density at radius 1 is 1.55 bits per heavy atom. The fourth-order valence-corrected chi connectivity index (χ4v) is 2.36. The van der Waals surface area contributed by atoms with Crippen LogP contribution in [0.25, 0.3) is 0 Å². The molecule has 22 heavy (non-hydrogen) atoms. The second kappa shape index (κ2) is 7.66. The number of carbonyl (C=O) groups is 1. The number of halogens is 1. The van der Waals surface area contributed by atoms with Crippen molar-refractivity contribution in [3.05, 3.63) is 24.0 Å². The van der Waals surface area contributed by atoms with Gasteiger partial charge in [-0.2, -0.15) is 0 Å². The summed E-state index contributed by atoms with van der Waals surface area (Å²) >= 11 is 3.66. The molecule has 1 amide bonds. The minimum atomic E-state index is -0.494. The topological polar surface area (TPSA) is 51.2 Å². The molecule has 122 valence electrons. The number of amides is 1. The fraction of sp³-hybridized carbons (Fsp3) is 0.500. The average molecular weight is 330 g/mol. The monoisotopic (exact) mass is 330 g/mol. The van der Waals surface area contributed by atoms with Gasteiger partial charge in [0.1, 0.15) is 11.9 Å².